The summed E-state index contributed by atoms with van der Waals surface area (Å²) in [5.41, 5.74) is 1.80. The van der Waals surface area contributed by atoms with Gasteiger partial charge in [-0.1, -0.05) is 0 Å². The molecule has 1 unspecified atom stereocenters. The quantitative estimate of drug-likeness (QED) is 0.669. The van der Waals surface area contributed by atoms with Crippen LogP contribution in [0.1, 0.15) is 57.7 Å². The van der Waals surface area contributed by atoms with Gasteiger partial charge in [0.2, 0.25) is 15.9 Å². The van der Waals surface area contributed by atoms with Crippen LogP contribution >= 0.6 is 0 Å². The number of rotatable bonds is 7. The molecule has 1 atom stereocenters. The number of nitrogens with zero attached hydrogens (tertiary/aromatic N) is 3. The molecular weight excluding hydrogens is 436 g/mol. The van der Waals surface area contributed by atoms with Gasteiger partial charge in [0.05, 0.1) is 15.9 Å². The second kappa shape index (κ2) is 8.08. The summed E-state index contributed by atoms with van der Waals surface area (Å²) in [5, 5.41) is 3.34. The number of benzene rings is 1. The Morgan fingerprint density at radius 1 is 1.18 bits per heavy atom. The van der Waals surface area contributed by atoms with Gasteiger partial charge in [0.1, 0.15) is 5.82 Å². The molecule has 8 heteroatoms. The summed E-state index contributed by atoms with van der Waals surface area (Å²) in [6.07, 6.45) is 8.98. The van der Waals surface area contributed by atoms with E-state index in [9.17, 15) is 13.2 Å². The first-order chi connectivity index (χ1) is 15.6. The Kier molecular flexibility index (Phi) is 5.59. The maximum absolute atomic E-state index is 12.9. The molecular formula is C25H36N4O3S. The van der Waals surface area contributed by atoms with Gasteiger partial charge in [-0.2, -0.15) is 0 Å². The molecule has 7 nitrogen and oxygen atoms in total. The molecule has 1 amide bonds. The fourth-order valence-electron chi connectivity index (χ4n) is 7.22. The Morgan fingerprint density at radius 3 is 2.36 bits per heavy atom. The van der Waals surface area contributed by atoms with Crippen LogP contribution in [0.15, 0.2) is 23.1 Å². The molecule has 1 aromatic carbocycles. The van der Waals surface area contributed by atoms with Gasteiger partial charge in [-0.15, -0.1) is 0 Å². The molecule has 4 saturated carbocycles. The molecule has 4 fully saturated rings. The third-order valence-electron chi connectivity index (χ3n) is 8.68. The van der Waals surface area contributed by atoms with Crippen molar-refractivity contribution in [2.24, 2.45) is 30.2 Å². The van der Waals surface area contributed by atoms with Crippen molar-refractivity contribution < 1.29 is 13.2 Å². The van der Waals surface area contributed by atoms with Crippen molar-refractivity contribution in [3.8, 4) is 0 Å². The third kappa shape index (κ3) is 3.99. The first-order valence-corrected chi connectivity index (χ1v) is 13.7. The number of aromatic nitrogens is 2. The van der Waals surface area contributed by atoms with Crippen molar-refractivity contribution in [3.05, 3.63) is 24.0 Å². The van der Waals surface area contributed by atoms with E-state index in [2.05, 4.69) is 17.2 Å². The van der Waals surface area contributed by atoms with E-state index >= 15 is 0 Å². The molecule has 4 aliphatic carbocycles. The lowest BCUT2D eigenvalue weighted by Crippen LogP contribution is -2.55. The Bertz CT molecular complexity index is 1150. The Hall–Kier alpha value is -1.93. The zero-order valence-electron chi connectivity index (χ0n) is 20.2. The predicted molar refractivity (Wildman–Crippen MR) is 128 cm³/mol. The fraction of sp³-hybridized carbons (Fsp3) is 0.680. The van der Waals surface area contributed by atoms with E-state index in [-0.39, 0.29) is 16.8 Å². The standard InChI is InChI=1S/C25H36N4O3S/c1-16(25-13-17-9-18(14-25)11-19(10-17)15-25)26-24(30)8-7-23-27-21-12-20(33(31,32)28(2)3)5-6-22(21)29(23)4/h5-6,12,16-19H,7-11,13-15H2,1-4H3,(H,26,30). The van der Waals surface area contributed by atoms with Gasteiger partial charge < -0.3 is 9.88 Å². The second-order valence-electron chi connectivity index (χ2n) is 11.1. The number of nitrogens with one attached hydrogen (secondary N) is 1. The summed E-state index contributed by atoms with van der Waals surface area (Å²) in [5.74, 6) is 3.49. The number of amides is 1. The second-order valence-corrected chi connectivity index (χ2v) is 13.2. The van der Waals surface area contributed by atoms with Crippen LogP contribution in [0.3, 0.4) is 0 Å². The summed E-state index contributed by atoms with van der Waals surface area (Å²) in [7, 11) is 1.45. The molecule has 2 aromatic rings. The lowest BCUT2D eigenvalue weighted by Gasteiger charge is -2.59. The first-order valence-electron chi connectivity index (χ1n) is 12.2. The van der Waals surface area contributed by atoms with Crippen LogP contribution in [0.2, 0.25) is 0 Å². The average Bonchev–Trinajstić information content (AvgIpc) is 3.06. The minimum Gasteiger partial charge on any atom is -0.353 e. The van der Waals surface area contributed by atoms with Crippen LogP contribution in [0.4, 0.5) is 0 Å². The van der Waals surface area contributed by atoms with E-state index < -0.39 is 10.0 Å². The largest absolute Gasteiger partial charge is 0.353 e. The number of hydrogen-bond donors (Lipinski definition) is 1. The summed E-state index contributed by atoms with van der Waals surface area (Å²) < 4.78 is 28.1. The summed E-state index contributed by atoms with van der Waals surface area (Å²) in [6.45, 7) is 2.22. The van der Waals surface area contributed by atoms with Gasteiger partial charge in [0.25, 0.3) is 0 Å². The maximum Gasteiger partial charge on any atom is 0.242 e. The molecule has 33 heavy (non-hydrogen) atoms. The Morgan fingerprint density at radius 2 is 1.79 bits per heavy atom. The van der Waals surface area contributed by atoms with Gasteiger partial charge in [0.15, 0.2) is 0 Å². The first kappa shape index (κ1) is 22.8. The van der Waals surface area contributed by atoms with Gasteiger partial charge in [-0.05, 0) is 86.8 Å². The fourth-order valence-corrected chi connectivity index (χ4v) is 8.15. The molecule has 6 rings (SSSR count). The van der Waals surface area contributed by atoms with E-state index in [1.807, 2.05) is 11.6 Å². The molecule has 1 heterocycles. The lowest BCUT2D eigenvalue weighted by molar-refractivity contribution is -0.125. The van der Waals surface area contributed by atoms with E-state index in [1.54, 1.807) is 18.2 Å². The third-order valence-corrected chi connectivity index (χ3v) is 10.5. The predicted octanol–water partition coefficient (Wildman–Crippen LogP) is 3.48. The topological polar surface area (TPSA) is 84.3 Å². The van der Waals surface area contributed by atoms with Crippen LogP contribution in [-0.2, 0) is 28.3 Å². The van der Waals surface area contributed by atoms with E-state index in [4.69, 9.17) is 0 Å². The summed E-state index contributed by atoms with van der Waals surface area (Å²) in [4.78, 5) is 17.8. The lowest BCUT2D eigenvalue weighted by atomic mass is 9.48. The van der Waals surface area contributed by atoms with Crippen LogP contribution < -0.4 is 5.32 Å². The molecule has 4 bridgehead atoms. The van der Waals surface area contributed by atoms with Gasteiger partial charge in [0, 0.05) is 40.0 Å². The molecule has 0 aliphatic heterocycles. The molecule has 0 spiro atoms. The number of carbonyl (C=O) groups excluding carboxylic acids is 1. The number of carbonyl (C=O) groups is 1. The van der Waals surface area contributed by atoms with Crippen molar-refractivity contribution in [2.45, 2.75) is 69.2 Å². The Labute approximate surface area is 197 Å². The minimum absolute atomic E-state index is 0.0844. The van der Waals surface area contributed by atoms with Crippen LogP contribution in [0, 0.1) is 23.2 Å². The van der Waals surface area contributed by atoms with Crippen LogP contribution in [-0.4, -0.2) is 48.3 Å². The number of sulfonamides is 1. The van der Waals surface area contributed by atoms with E-state index in [0.717, 1.165) is 29.1 Å². The highest BCUT2D eigenvalue weighted by atomic mass is 32.2. The summed E-state index contributed by atoms with van der Waals surface area (Å²) >= 11 is 0. The zero-order chi connectivity index (χ0) is 23.5. The highest BCUT2D eigenvalue weighted by molar-refractivity contribution is 7.89. The molecule has 4 aliphatic rings. The van der Waals surface area contributed by atoms with Gasteiger partial charge in [-0.3, -0.25) is 4.79 Å². The van der Waals surface area contributed by atoms with Crippen molar-refractivity contribution in [3.63, 3.8) is 0 Å². The van der Waals surface area contributed by atoms with Crippen LogP contribution in [0.25, 0.3) is 11.0 Å². The van der Waals surface area contributed by atoms with E-state index in [0.29, 0.717) is 23.8 Å². The van der Waals surface area contributed by atoms with E-state index in [1.165, 1.54) is 56.9 Å². The van der Waals surface area contributed by atoms with Gasteiger partial charge in [-0.25, -0.2) is 17.7 Å². The zero-order valence-corrected chi connectivity index (χ0v) is 21.0. The number of aryl methyl sites for hydroxylation is 2. The average molecular weight is 473 g/mol. The highest BCUT2D eigenvalue weighted by Crippen LogP contribution is 2.61. The van der Waals surface area contributed by atoms with Crippen molar-refractivity contribution >= 4 is 27.0 Å². The highest BCUT2D eigenvalue weighted by Gasteiger charge is 2.53. The van der Waals surface area contributed by atoms with Crippen LogP contribution in [0.5, 0.6) is 0 Å². The number of fused-ring (bicyclic) bond motifs is 1. The SMILES string of the molecule is CC(NC(=O)CCc1nc2cc(S(=O)(=O)N(C)C)ccc2n1C)C12CC3CC(CC(C3)C1)C2. The Balaban J connectivity index is 1.25. The van der Waals surface area contributed by atoms with Gasteiger partial charge >= 0.3 is 0 Å². The molecule has 1 N–H and O–H groups in total. The minimum atomic E-state index is -3.51. The van der Waals surface area contributed by atoms with Crippen molar-refractivity contribution in [2.75, 3.05) is 14.1 Å². The molecule has 0 radical (unpaired) electrons. The molecule has 1 aromatic heterocycles. The maximum atomic E-state index is 12.9. The number of imidazole rings is 1. The monoisotopic (exact) mass is 472 g/mol. The summed E-state index contributed by atoms with van der Waals surface area (Å²) in [6, 6.07) is 5.24. The van der Waals surface area contributed by atoms with Crippen molar-refractivity contribution in [1.82, 2.24) is 19.2 Å². The number of hydrogen-bond acceptors (Lipinski definition) is 4. The molecule has 180 valence electrons. The molecule has 0 saturated heterocycles. The smallest absolute Gasteiger partial charge is 0.242 e. The van der Waals surface area contributed by atoms with Crippen molar-refractivity contribution in [1.29, 1.82) is 0 Å². The normalized spacial score (nSPS) is 29.7.